The van der Waals surface area contributed by atoms with E-state index < -0.39 is 11.1 Å². The molecule has 2 aromatic carbocycles. The van der Waals surface area contributed by atoms with Gasteiger partial charge in [-0.15, -0.1) is 0 Å². The molecular formula is C44H70BrO5P. The molecule has 0 unspecified atom stereocenters. The predicted molar refractivity (Wildman–Crippen MR) is 223 cm³/mol. The first kappa shape index (κ1) is 43.5. The van der Waals surface area contributed by atoms with E-state index in [1.165, 1.54) is 159 Å². The fourth-order valence-corrected chi connectivity index (χ4v) is 16.5. The van der Waals surface area contributed by atoms with Crippen LogP contribution in [0.2, 0.25) is 0 Å². The van der Waals surface area contributed by atoms with Gasteiger partial charge in [-0.2, -0.15) is 0 Å². The van der Waals surface area contributed by atoms with Gasteiger partial charge in [0.25, 0.3) is 0 Å². The second-order valence-corrected chi connectivity index (χ2v) is 27.1. The molecule has 0 fully saturated rings. The van der Waals surface area contributed by atoms with Crippen LogP contribution in [0.25, 0.3) is 0 Å². The van der Waals surface area contributed by atoms with Crippen LogP contribution in [0.4, 0.5) is 0 Å². The Morgan fingerprint density at radius 2 is 0.922 bits per heavy atom. The van der Waals surface area contributed by atoms with Crippen molar-refractivity contribution in [1.82, 2.24) is 0 Å². The van der Waals surface area contributed by atoms with E-state index >= 15 is 0 Å². The van der Waals surface area contributed by atoms with E-state index in [2.05, 4.69) is 20.8 Å². The molecule has 1 aliphatic rings. The van der Waals surface area contributed by atoms with E-state index in [1.807, 2.05) is 0 Å². The first-order valence-corrected chi connectivity index (χ1v) is 25.7. The van der Waals surface area contributed by atoms with Gasteiger partial charge in [-0.25, -0.2) is 0 Å². The molecular weight excluding hydrogens is 719 g/mol. The van der Waals surface area contributed by atoms with Crippen molar-refractivity contribution in [3.63, 3.8) is 0 Å². The van der Waals surface area contributed by atoms with Gasteiger partial charge in [0.15, 0.2) is 0 Å². The van der Waals surface area contributed by atoms with Gasteiger partial charge in [0, 0.05) is 0 Å². The van der Waals surface area contributed by atoms with Gasteiger partial charge in [0.1, 0.15) is 5.75 Å². The van der Waals surface area contributed by atoms with Crippen LogP contribution in [0.1, 0.15) is 193 Å². The molecule has 1 aliphatic carbocycles. The number of hydrogen-bond donors (Lipinski definition) is 2. The summed E-state index contributed by atoms with van der Waals surface area (Å²) in [5, 5.41) is 19.2. The summed E-state index contributed by atoms with van der Waals surface area (Å²) in [6.45, 7) is 9.14. The number of benzene rings is 2. The number of phenolic OH excluding ortho intramolecular Hbond substituents is 2. The summed E-state index contributed by atoms with van der Waals surface area (Å²) in [5.74, 6) is -1.06. The van der Waals surface area contributed by atoms with Crippen LogP contribution < -0.4 is 4.74 Å². The monoisotopic (exact) mass is 788 g/mol. The van der Waals surface area contributed by atoms with E-state index in [-0.39, 0.29) is 39.5 Å². The second-order valence-electron chi connectivity index (χ2n) is 15.7. The molecule has 0 aliphatic heterocycles. The van der Waals surface area contributed by atoms with Crippen molar-refractivity contribution in [2.45, 2.75) is 163 Å². The molecule has 0 bridgehead atoms. The number of halogens is 1. The Balaban J connectivity index is 1.63. The molecule has 0 saturated carbocycles. The Labute approximate surface area is 318 Å². The number of ketones is 2. The van der Waals surface area contributed by atoms with E-state index in [0.29, 0.717) is 17.9 Å². The van der Waals surface area contributed by atoms with E-state index in [4.69, 9.17) is 20.2 Å². The number of ether oxygens (including phenoxy) is 1. The summed E-state index contributed by atoms with van der Waals surface area (Å²) < 4.78 is 6.09. The summed E-state index contributed by atoms with van der Waals surface area (Å²) in [5.41, 5.74) is 0.874. The molecule has 0 saturated heterocycles. The van der Waals surface area contributed by atoms with Gasteiger partial charge in [-0.05, 0) is 18.6 Å². The van der Waals surface area contributed by atoms with E-state index in [1.54, 1.807) is 19.1 Å². The van der Waals surface area contributed by atoms with Crippen LogP contribution in [0.5, 0.6) is 17.2 Å². The molecule has 2 N–H and O–H groups in total. The van der Waals surface area contributed by atoms with Crippen molar-refractivity contribution in [3.05, 3.63) is 52.1 Å². The van der Waals surface area contributed by atoms with Gasteiger partial charge in [0.2, 0.25) is 0 Å². The summed E-state index contributed by atoms with van der Waals surface area (Å²) in [6, 6.07) is 6.08. The zero-order valence-corrected chi connectivity index (χ0v) is 35.1. The third-order valence-electron chi connectivity index (χ3n) is 11.1. The Bertz CT molecular complexity index is 1340. The maximum absolute atomic E-state index is 13.4. The van der Waals surface area contributed by atoms with Crippen molar-refractivity contribution in [2.75, 3.05) is 31.3 Å². The summed E-state index contributed by atoms with van der Waals surface area (Å²) in [7, 11) is 0. The topological polar surface area (TPSA) is 83.8 Å². The Hall–Kier alpha value is -1.91. The third kappa shape index (κ3) is 13.5. The number of aryl methyl sites for hydroxylation is 1. The third-order valence-corrected chi connectivity index (χ3v) is 21.1. The minimum absolute atomic E-state index is 0.0458. The average Bonchev–Trinajstić information content (AvgIpc) is 3.09. The molecule has 0 radical (unpaired) electrons. The maximum atomic E-state index is 13.4. The molecule has 0 spiro atoms. The number of fused-ring (bicyclic) bond motifs is 2. The molecule has 3 rings (SSSR count). The normalized spacial score (nSPS) is 13.5. The number of phenols is 2. The van der Waals surface area contributed by atoms with Crippen molar-refractivity contribution in [2.24, 2.45) is 0 Å². The average molecular weight is 790 g/mol. The molecule has 51 heavy (non-hydrogen) atoms. The van der Waals surface area contributed by atoms with E-state index in [0.717, 1.165) is 12.8 Å². The molecule has 2 aromatic rings. The second kappa shape index (κ2) is 22.3. The quantitative estimate of drug-likeness (QED) is 0.0565. The fourth-order valence-electron chi connectivity index (χ4n) is 8.07. The van der Waals surface area contributed by atoms with Gasteiger partial charge in [0.05, 0.1) is 0 Å². The van der Waals surface area contributed by atoms with Gasteiger partial charge in [-0.3, -0.25) is 0 Å². The Kier molecular flexibility index (Phi) is 19.1. The first-order valence-electron chi connectivity index (χ1n) is 20.7. The SMILES string of the molecule is CCCCCCCCP(Br)(CCCCCCCC)(CCCCCCCC)CCCCCOc1cc(O)c2c(c1)C(=O)c1cc(C)cc(O)c1C2=O. The van der Waals surface area contributed by atoms with Crippen LogP contribution in [0, 0.1) is 6.92 Å². The molecule has 0 heterocycles. The molecule has 0 amide bonds. The molecule has 0 atom stereocenters. The van der Waals surface area contributed by atoms with Crippen molar-refractivity contribution < 1.29 is 24.5 Å². The van der Waals surface area contributed by atoms with Crippen molar-refractivity contribution in [3.8, 4) is 17.2 Å². The zero-order chi connectivity index (χ0) is 37.1. The molecule has 288 valence electrons. The van der Waals surface area contributed by atoms with Crippen LogP contribution >= 0.6 is 20.8 Å². The van der Waals surface area contributed by atoms with Crippen LogP contribution in [0.15, 0.2) is 24.3 Å². The minimum atomic E-state index is -2.05. The standard InChI is InChI=1S/C44H70BrO5P/c1-5-8-11-14-17-22-27-51(45,28-23-18-15-12-9-6-2,29-24-19-16-13-10-7-3)30-25-20-21-26-50-36-33-38-42(40(47)34-36)44(49)41-37(43(38)48)31-35(4)32-39(41)46/h31-34,46-47H,5-30H2,1-4H3. The Morgan fingerprint density at radius 1 is 0.529 bits per heavy atom. The van der Waals surface area contributed by atoms with Crippen molar-refractivity contribution in [1.29, 1.82) is 0 Å². The van der Waals surface area contributed by atoms with E-state index in [9.17, 15) is 19.8 Å². The van der Waals surface area contributed by atoms with Crippen LogP contribution in [-0.4, -0.2) is 53.0 Å². The number of carbonyl (C=O) groups is 2. The summed E-state index contributed by atoms with van der Waals surface area (Å²) in [4.78, 5) is 26.6. The first-order chi connectivity index (χ1) is 24.6. The van der Waals surface area contributed by atoms with Crippen LogP contribution in [0.3, 0.4) is 0 Å². The molecule has 7 heteroatoms. The number of aromatic hydroxyl groups is 2. The number of unbranched alkanes of at least 4 members (excludes halogenated alkanes) is 17. The van der Waals surface area contributed by atoms with Crippen molar-refractivity contribution >= 4 is 32.4 Å². The molecule has 0 aromatic heterocycles. The van der Waals surface area contributed by atoms with Gasteiger partial charge in [-0.1, -0.05) is 0 Å². The van der Waals surface area contributed by atoms with Gasteiger partial charge < -0.3 is 5.11 Å². The zero-order valence-electron chi connectivity index (χ0n) is 32.6. The number of hydrogen-bond acceptors (Lipinski definition) is 5. The van der Waals surface area contributed by atoms with Gasteiger partial charge >= 0.3 is 291 Å². The summed E-state index contributed by atoms with van der Waals surface area (Å²) in [6.07, 6.45) is 32.9. The Morgan fingerprint density at radius 3 is 1.39 bits per heavy atom. The van der Waals surface area contributed by atoms with Crippen LogP contribution in [-0.2, 0) is 0 Å². The number of carbonyl (C=O) groups excluding carboxylic acids is 2. The predicted octanol–water partition coefficient (Wildman–Crippen LogP) is 13.7. The number of rotatable bonds is 28. The fraction of sp³-hybridized carbons (Fsp3) is 0.682. The molecule has 5 nitrogen and oxygen atoms in total. The summed E-state index contributed by atoms with van der Waals surface area (Å²) >= 11 is 4.72.